The van der Waals surface area contributed by atoms with E-state index in [0.717, 1.165) is 0 Å². The Labute approximate surface area is 87.6 Å². The maximum Gasteiger partial charge on any atom is 0.340 e. The highest BCUT2D eigenvalue weighted by molar-refractivity contribution is 5.96. The van der Waals surface area contributed by atoms with Crippen LogP contribution in [0.2, 0.25) is 0 Å². The number of anilines is 1. The van der Waals surface area contributed by atoms with Crippen LogP contribution >= 0.6 is 0 Å². The summed E-state index contributed by atoms with van der Waals surface area (Å²) in [6.45, 7) is -0.257. The van der Waals surface area contributed by atoms with E-state index >= 15 is 0 Å². The lowest BCUT2D eigenvalue weighted by Crippen LogP contribution is -2.20. The molecule has 0 fully saturated rings. The highest BCUT2D eigenvalue weighted by Crippen LogP contribution is 2.22. The van der Waals surface area contributed by atoms with Gasteiger partial charge in [-0.05, 0) is 11.6 Å². The summed E-state index contributed by atoms with van der Waals surface area (Å²) in [7, 11) is 1.27. The predicted octanol–water partition coefficient (Wildman–Crippen LogP) is 0.0475. The van der Waals surface area contributed by atoms with Crippen LogP contribution in [0, 0.1) is 0 Å². The molecule has 5 heteroatoms. The number of methoxy groups -OCH3 is 1. The van der Waals surface area contributed by atoms with Gasteiger partial charge in [0.15, 0.2) is 0 Å². The van der Waals surface area contributed by atoms with E-state index in [-0.39, 0.29) is 12.2 Å². The summed E-state index contributed by atoms with van der Waals surface area (Å²) in [6, 6.07) is 4.26. The van der Waals surface area contributed by atoms with Crippen LogP contribution < -0.4 is 11.5 Å². The van der Waals surface area contributed by atoms with Gasteiger partial charge in [0.05, 0.1) is 25.3 Å². The van der Waals surface area contributed by atoms with Crippen LogP contribution in [0.1, 0.15) is 22.0 Å². The zero-order valence-electron chi connectivity index (χ0n) is 8.43. The Kier molecular flexibility index (Phi) is 3.65. The monoisotopic (exact) mass is 210 g/mol. The molecular weight excluding hydrogens is 196 g/mol. The molecule has 0 aliphatic carbocycles. The maximum absolute atomic E-state index is 11.4. The first-order valence-corrected chi connectivity index (χ1v) is 4.45. The first-order chi connectivity index (χ1) is 7.11. The molecule has 0 bridgehead atoms. The third kappa shape index (κ3) is 2.26. The molecule has 1 aromatic rings. The normalized spacial score (nSPS) is 12.2. The minimum absolute atomic E-state index is 0.224. The Bertz CT molecular complexity index is 366. The standard InChI is InChI=1S/C10H14N2O3/c1-15-10(14)9-6(8(12)5-13)3-2-4-7(9)11/h2-4,8,13H,5,11-12H2,1H3. The molecule has 0 radical (unpaired) electrons. The lowest BCUT2D eigenvalue weighted by atomic mass is 10.00. The van der Waals surface area contributed by atoms with E-state index in [2.05, 4.69) is 4.74 Å². The van der Waals surface area contributed by atoms with Gasteiger partial charge >= 0.3 is 5.97 Å². The molecule has 82 valence electrons. The smallest absolute Gasteiger partial charge is 0.340 e. The summed E-state index contributed by atoms with van der Waals surface area (Å²) in [6.07, 6.45) is 0. The fraction of sp³-hybridized carbons (Fsp3) is 0.300. The van der Waals surface area contributed by atoms with Crippen LogP contribution in [0.15, 0.2) is 18.2 Å². The zero-order valence-corrected chi connectivity index (χ0v) is 8.43. The summed E-state index contributed by atoms with van der Waals surface area (Å²) < 4.78 is 4.60. The molecule has 1 rings (SSSR count). The number of carbonyl (C=O) groups is 1. The van der Waals surface area contributed by atoms with Gasteiger partial charge in [-0.3, -0.25) is 0 Å². The number of esters is 1. The molecule has 1 atom stereocenters. The van der Waals surface area contributed by atoms with Gasteiger partial charge in [-0.15, -0.1) is 0 Å². The van der Waals surface area contributed by atoms with E-state index in [9.17, 15) is 4.79 Å². The van der Waals surface area contributed by atoms with Crippen molar-refractivity contribution in [3.63, 3.8) is 0 Å². The number of nitrogen functional groups attached to an aromatic ring is 1. The molecule has 5 nitrogen and oxygen atoms in total. The van der Waals surface area contributed by atoms with Crippen molar-refractivity contribution in [3.8, 4) is 0 Å². The van der Waals surface area contributed by atoms with Crippen LogP contribution in [-0.2, 0) is 4.74 Å². The van der Waals surface area contributed by atoms with Crippen LogP contribution in [0.4, 0.5) is 5.69 Å². The molecule has 0 aromatic heterocycles. The summed E-state index contributed by atoms with van der Waals surface area (Å²) in [5.74, 6) is -0.549. The van der Waals surface area contributed by atoms with E-state index < -0.39 is 12.0 Å². The molecule has 0 saturated carbocycles. The lowest BCUT2D eigenvalue weighted by molar-refractivity contribution is 0.0599. The zero-order chi connectivity index (χ0) is 11.4. The molecule has 0 spiro atoms. The summed E-state index contributed by atoms with van der Waals surface area (Å²) in [5.41, 5.74) is 12.3. The molecule has 1 unspecified atom stereocenters. The highest BCUT2D eigenvalue weighted by atomic mass is 16.5. The van der Waals surface area contributed by atoms with Crippen molar-refractivity contribution in [2.45, 2.75) is 6.04 Å². The number of aliphatic hydroxyl groups is 1. The Hall–Kier alpha value is -1.59. The molecule has 15 heavy (non-hydrogen) atoms. The number of carbonyl (C=O) groups excluding carboxylic acids is 1. The van der Waals surface area contributed by atoms with Gasteiger partial charge in [-0.25, -0.2) is 4.79 Å². The number of nitrogens with two attached hydrogens (primary N) is 2. The van der Waals surface area contributed by atoms with E-state index in [0.29, 0.717) is 11.3 Å². The molecule has 1 aromatic carbocycles. The summed E-state index contributed by atoms with van der Waals surface area (Å²) in [5, 5.41) is 8.94. The predicted molar refractivity (Wildman–Crippen MR) is 56.2 cm³/mol. The molecule has 0 heterocycles. The van der Waals surface area contributed by atoms with Gasteiger partial charge in [0.25, 0.3) is 0 Å². The third-order valence-electron chi connectivity index (χ3n) is 2.11. The van der Waals surface area contributed by atoms with Crippen molar-refractivity contribution < 1.29 is 14.6 Å². The number of ether oxygens (including phenoxy) is 1. The quantitative estimate of drug-likeness (QED) is 0.483. The van der Waals surface area contributed by atoms with E-state index in [4.69, 9.17) is 16.6 Å². The van der Waals surface area contributed by atoms with Gasteiger partial charge in [0.2, 0.25) is 0 Å². The molecular formula is C10H14N2O3. The Morgan fingerprint density at radius 3 is 2.80 bits per heavy atom. The molecule has 0 aliphatic rings. The van der Waals surface area contributed by atoms with Gasteiger partial charge in [0, 0.05) is 5.69 Å². The average molecular weight is 210 g/mol. The summed E-state index contributed by atoms with van der Waals surface area (Å²) >= 11 is 0. The Balaban J connectivity index is 3.26. The van der Waals surface area contributed by atoms with Gasteiger partial charge in [-0.1, -0.05) is 12.1 Å². The number of aliphatic hydroxyl groups excluding tert-OH is 1. The number of hydrogen-bond acceptors (Lipinski definition) is 5. The van der Waals surface area contributed by atoms with Crippen molar-refractivity contribution >= 4 is 11.7 Å². The minimum Gasteiger partial charge on any atom is -0.465 e. The van der Waals surface area contributed by atoms with E-state index in [1.165, 1.54) is 7.11 Å². The van der Waals surface area contributed by atoms with Crippen molar-refractivity contribution in [1.82, 2.24) is 0 Å². The number of hydrogen-bond donors (Lipinski definition) is 3. The topological polar surface area (TPSA) is 98.6 Å². The van der Waals surface area contributed by atoms with Crippen LogP contribution in [0.3, 0.4) is 0 Å². The van der Waals surface area contributed by atoms with Crippen molar-refractivity contribution in [3.05, 3.63) is 29.3 Å². The van der Waals surface area contributed by atoms with Gasteiger partial charge in [0.1, 0.15) is 0 Å². The van der Waals surface area contributed by atoms with Gasteiger partial charge < -0.3 is 21.3 Å². The second-order valence-electron chi connectivity index (χ2n) is 3.09. The van der Waals surface area contributed by atoms with Crippen molar-refractivity contribution in [2.24, 2.45) is 5.73 Å². The first kappa shape index (κ1) is 11.5. The largest absolute Gasteiger partial charge is 0.465 e. The fourth-order valence-corrected chi connectivity index (χ4v) is 1.33. The van der Waals surface area contributed by atoms with E-state index in [1.807, 2.05) is 0 Å². The average Bonchev–Trinajstić information content (AvgIpc) is 2.26. The minimum atomic E-state index is -0.636. The van der Waals surface area contributed by atoms with Crippen molar-refractivity contribution in [2.75, 3.05) is 19.5 Å². The van der Waals surface area contributed by atoms with Crippen LogP contribution in [-0.4, -0.2) is 24.8 Å². The first-order valence-electron chi connectivity index (χ1n) is 4.45. The maximum atomic E-state index is 11.4. The Morgan fingerprint density at radius 2 is 2.27 bits per heavy atom. The SMILES string of the molecule is COC(=O)c1c(N)cccc1C(N)CO. The fourth-order valence-electron chi connectivity index (χ4n) is 1.33. The second kappa shape index (κ2) is 4.77. The molecule has 0 amide bonds. The van der Waals surface area contributed by atoms with Crippen molar-refractivity contribution in [1.29, 1.82) is 0 Å². The van der Waals surface area contributed by atoms with E-state index in [1.54, 1.807) is 18.2 Å². The molecule has 0 saturated heterocycles. The number of benzene rings is 1. The highest BCUT2D eigenvalue weighted by Gasteiger charge is 2.18. The molecule has 5 N–H and O–H groups in total. The summed E-state index contributed by atoms with van der Waals surface area (Å²) in [4.78, 5) is 11.4. The van der Waals surface area contributed by atoms with Crippen LogP contribution in [0.25, 0.3) is 0 Å². The molecule has 0 aliphatic heterocycles. The number of rotatable bonds is 3. The lowest BCUT2D eigenvalue weighted by Gasteiger charge is -2.14. The second-order valence-corrected chi connectivity index (χ2v) is 3.09. The van der Waals surface area contributed by atoms with Gasteiger partial charge in [-0.2, -0.15) is 0 Å². The third-order valence-corrected chi connectivity index (χ3v) is 2.11. The Morgan fingerprint density at radius 1 is 1.60 bits per heavy atom. The van der Waals surface area contributed by atoms with Crippen LogP contribution in [0.5, 0.6) is 0 Å².